The second kappa shape index (κ2) is 7.05. The molecule has 1 heterocycles. The minimum atomic E-state index is -5.65. The third-order valence-electron chi connectivity index (χ3n) is 2.00. The summed E-state index contributed by atoms with van der Waals surface area (Å²) in [6, 6.07) is -1.35. The summed E-state index contributed by atoms with van der Waals surface area (Å²) in [5.74, 6) is 0. The topological polar surface area (TPSA) is 222 Å². The van der Waals surface area contributed by atoms with Crippen molar-refractivity contribution in [2.24, 2.45) is 0 Å². The van der Waals surface area contributed by atoms with Crippen molar-refractivity contribution in [3.8, 4) is 0 Å². The normalized spacial score (nSPS) is 35.0. The highest BCUT2D eigenvalue weighted by atomic mass is 31.3. The van der Waals surface area contributed by atoms with Gasteiger partial charge < -0.3 is 34.5 Å². The molecule has 14 nitrogen and oxygen atoms in total. The highest BCUT2D eigenvalue weighted by Crippen LogP contribution is 2.66. The van der Waals surface area contributed by atoms with Gasteiger partial charge in [0.25, 0.3) is 0 Å². The minimum Gasteiger partial charge on any atom is -0.388 e. The molecule has 2 radical (unpaired) electrons. The molecule has 1 fully saturated rings. The lowest BCUT2D eigenvalue weighted by atomic mass is 9.94. The van der Waals surface area contributed by atoms with E-state index in [2.05, 4.69) is 18.0 Å². The number of phosphoric acid groups is 3. The molecular weight excluding hydrogens is 374 g/mol. The molecule has 0 aromatic carbocycles. The first-order valence-corrected chi connectivity index (χ1v) is 9.60. The van der Waals surface area contributed by atoms with E-state index in [1.54, 1.807) is 5.48 Å². The first kappa shape index (κ1) is 20.4. The van der Waals surface area contributed by atoms with Crippen LogP contribution in [0.15, 0.2) is 0 Å². The fourth-order valence-corrected chi connectivity index (χ4v) is 4.09. The first-order valence-electron chi connectivity index (χ1n) is 5.07. The number of hydrogen-bond donors (Lipinski definition) is 7. The van der Waals surface area contributed by atoms with Gasteiger partial charge >= 0.3 is 23.5 Å². The predicted molar refractivity (Wildman–Crippen MR) is 64.5 cm³/mol. The number of aliphatic hydroxyl groups is 2. The van der Waals surface area contributed by atoms with Crippen LogP contribution in [0.25, 0.3) is 0 Å². The van der Waals surface area contributed by atoms with E-state index in [1.807, 2.05) is 0 Å². The lowest BCUT2D eigenvalue weighted by Crippen LogP contribution is -2.40. The summed E-state index contributed by atoms with van der Waals surface area (Å²) >= 11 is 0. The van der Waals surface area contributed by atoms with Crippen molar-refractivity contribution in [1.29, 1.82) is 0 Å². The van der Waals surface area contributed by atoms with Crippen LogP contribution in [0.2, 0.25) is 0 Å². The minimum absolute atomic E-state index is 1.35. The van der Waals surface area contributed by atoms with Crippen molar-refractivity contribution in [3.63, 3.8) is 0 Å². The third-order valence-corrected chi connectivity index (χ3v) is 5.66. The molecule has 6 atom stereocenters. The van der Waals surface area contributed by atoms with Gasteiger partial charge in [0.1, 0.15) is 20.1 Å². The Morgan fingerprint density at radius 3 is 1.91 bits per heavy atom. The zero-order valence-corrected chi connectivity index (χ0v) is 13.0. The van der Waals surface area contributed by atoms with Gasteiger partial charge in [-0.2, -0.15) is 18.7 Å². The molecule has 18 heteroatoms. The van der Waals surface area contributed by atoms with Gasteiger partial charge in [-0.25, -0.2) is 13.7 Å². The molecular formula is C4H11BNO13P3. The van der Waals surface area contributed by atoms with E-state index in [9.17, 15) is 23.9 Å². The maximum Gasteiger partial charge on any atom is 0.497 e. The van der Waals surface area contributed by atoms with Gasteiger partial charge in [-0.05, 0) is 0 Å². The second-order valence-corrected chi connectivity index (χ2v) is 8.15. The van der Waals surface area contributed by atoms with Gasteiger partial charge in [-0.15, -0.1) is 0 Å². The monoisotopic (exact) mass is 385 g/mol. The summed E-state index contributed by atoms with van der Waals surface area (Å²) in [7, 11) is -11.4. The number of ether oxygens (including phenoxy) is 1. The Kier molecular flexibility index (Phi) is 6.53. The fourth-order valence-electron chi connectivity index (χ4n) is 1.22. The molecule has 22 heavy (non-hydrogen) atoms. The smallest absolute Gasteiger partial charge is 0.388 e. The van der Waals surface area contributed by atoms with E-state index in [-0.39, 0.29) is 0 Å². The lowest BCUT2D eigenvalue weighted by Gasteiger charge is -2.19. The average Bonchev–Trinajstić information content (AvgIpc) is 2.49. The molecule has 1 aliphatic rings. The van der Waals surface area contributed by atoms with Crippen molar-refractivity contribution in [2.45, 2.75) is 24.4 Å². The van der Waals surface area contributed by atoms with Gasteiger partial charge in [-0.3, -0.25) is 0 Å². The summed E-state index contributed by atoms with van der Waals surface area (Å²) in [4.78, 5) is 34.5. The molecule has 7 N–H and O–H groups in total. The van der Waals surface area contributed by atoms with Crippen LogP contribution < -0.4 is 5.48 Å². The van der Waals surface area contributed by atoms with E-state index in [0.717, 1.165) is 0 Å². The third kappa shape index (κ3) is 6.44. The molecule has 128 valence electrons. The number of rotatable bonds is 7. The maximum absolute atomic E-state index is 11.3. The zero-order valence-electron chi connectivity index (χ0n) is 10.3. The number of hydrogen-bond acceptors (Lipinski definition) is 10. The number of aliphatic hydroxyl groups excluding tert-OH is 2. The SMILES string of the molecule is [B][C@@H]1O[C@H](NOP(=O)(O)OP(=O)(O)OP(=O)(O)O)C(O)[C@@H]1O. The summed E-state index contributed by atoms with van der Waals surface area (Å²) in [5, 5.41) is 18.6. The lowest BCUT2D eigenvalue weighted by molar-refractivity contribution is -0.0651. The van der Waals surface area contributed by atoms with Gasteiger partial charge in [0.05, 0.1) is 0 Å². The maximum atomic E-state index is 11.3. The van der Waals surface area contributed by atoms with Crippen molar-refractivity contribution in [2.75, 3.05) is 0 Å². The van der Waals surface area contributed by atoms with E-state index in [4.69, 9.17) is 27.4 Å². The van der Waals surface area contributed by atoms with Gasteiger partial charge in [0.15, 0.2) is 6.23 Å². The molecule has 0 aromatic heterocycles. The van der Waals surface area contributed by atoms with Crippen molar-refractivity contribution in [1.82, 2.24) is 5.48 Å². The van der Waals surface area contributed by atoms with Crippen molar-refractivity contribution < 1.29 is 61.5 Å². The second-order valence-electron chi connectivity index (χ2n) is 3.80. The Morgan fingerprint density at radius 2 is 1.50 bits per heavy atom. The van der Waals surface area contributed by atoms with Crippen LogP contribution in [0, 0.1) is 0 Å². The van der Waals surface area contributed by atoms with Crippen LogP contribution in [-0.2, 0) is 31.7 Å². The van der Waals surface area contributed by atoms with Crippen LogP contribution in [0.3, 0.4) is 0 Å². The summed E-state index contributed by atoms with van der Waals surface area (Å²) in [6.45, 7) is 0. The largest absolute Gasteiger partial charge is 0.497 e. The van der Waals surface area contributed by atoms with E-state index >= 15 is 0 Å². The van der Waals surface area contributed by atoms with Gasteiger partial charge in [0.2, 0.25) is 0 Å². The van der Waals surface area contributed by atoms with E-state index in [1.165, 1.54) is 0 Å². The molecule has 1 rings (SSSR count). The van der Waals surface area contributed by atoms with Crippen LogP contribution in [-0.4, -0.2) is 62.1 Å². The molecule has 1 aliphatic heterocycles. The molecule has 0 amide bonds. The summed E-state index contributed by atoms with van der Waals surface area (Å²) in [5.41, 5.74) is 1.59. The Balaban J connectivity index is 2.60. The van der Waals surface area contributed by atoms with E-state index in [0.29, 0.717) is 0 Å². The first-order chi connectivity index (χ1) is 9.72. The van der Waals surface area contributed by atoms with Crippen molar-refractivity contribution in [3.05, 3.63) is 0 Å². The summed E-state index contributed by atoms with van der Waals surface area (Å²) in [6.07, 6.45) is -4.83. The molecule has 0 aromatic rings. The van der Waals surface area contributed by atoms with E-state index < -0.39 is 47.9 Å². The molecule has 0 saturated carbocycles. The van der Waals surface area contributed by atoms with Gasteiger partial charge in [-0.1, -0.05) is 0 Å². The summed E-state index contributed by atoms with van der Waals surface area (Å²) < 4.78 is 48.1. The average molecular weight is 385 g/mol. The molecule has 0 aliphatic carbocycles. The molecule has 3 unspecified atom stereocenters. The van der Waals surface area contributed by atoms with Crippen LogP contribution in [0.5, 0.6) is 0 Å². The predicted octanol–water partition coefficient (Wildman–Crippen LogP) is -2.59. The Morgan fingerprint density at radius 1 is 0.955 bits per heavy atom. The zero-order chi connectivity index (χ0) is 17.3. The number of hydroxylamine groups is 1. The molecule has 0 spiro atoms. The number of nitrogens with one attached hydrogen (secondary N) is 1. The Hall–Kier alpha value is 0.315. The highest BCUT2D eigenvalue weighted by Gasteiger charge is 2.44. The van der Waals surface area contributed by atoms with Crippen molar-refractivity contribution >= 4 is 31.3 Å². The highest BCUT2D eigenvalue weighted by molar-refractivity contribution is 7.66. The van der Waals surface area contributed by atoms with Crippen LogP contribution in [0.4, 0.5) is 0 Å². The van der Waals surface area contributed by atoms with Crippen LogP contribution in [0.1, 0.15) is 0 Å². The standard InChI is InChI=1S/C4H11BNO13P3/c5-3-1(7)2(8)4(16-3)6-17-21(12,13)19-22(14,15)18-20(9,10)11/h1-4,6-8H,(H,12,13)(H,14,15)(H2,9,10,11)/t1-,2?,3+,4-/m0/s1. The molecule has 0 bridgehead atoms. The van der Waals surface area contributed by atoms with Gasteiger partial charge in [0, 0.05) is 6.00 Å². The molecule has 1 saturated heterocycles. The van der Waals surface area contributed by atoms with Crippen LogP contribution >= 0.6 is 23.5 Å². The Bertz CT molecular complexity index is 535. The fraction of sp³-hybridized carbons (Fsp3) is 1.00. The Labute approximate surface area is 123 Å². The quantitative estimate of drug-likeness (QED) is 0.136.